The van der Waals surface area contributed by atoms with E-state index in [-0.39, 0.29) is 17.3 Å². The van der Waals surface area contributed by atoms with Crippen LogP contribution in [0, 0.1) is 0 Å². The van der Waals surface area contributed by atoms with Crippen LogP contribution in [0.5, 0.6) is 5.75 Å². The quantitative estimate of drug-likeness (QED) is 0.285. The molecule has 5 rings (SSSR count). The summed E-state index contributed by atoms with van der Waals surface area (Å²) < 4.78 is 11.3. The van der Waals surface area contributed by atoms with Gasteiger partial charge >= 0.3 is 0 Å². The van der Waals surface area contributed by atoms with Crippen LogP contribution in [0.15, 0.2) is 76.5 Å². The fourth-order valence-electron chi connectivity index (χ4n) is 3.62. The molecule has 174 valence electrons. The summed E-state index contributed by atoms with van der Waals surface area (Å²) in [6, 6.07) is 21.1. The number of hydrogen-bond acceptors (Lipinski definition) is 9. The topological polar surface area (TPSA) is 146 Å². The number of methoxy groups -OCH3 is 1. The van der Waals surface area contributed by atoms with Crippen LogP contribution >= 0.6 is 0 Å². The molecule has 5 aromatic rings. The summed E-state index contributed by atoms with van der Waals surface area (Å²) in [5.74, 6) is 0.114. The second kappa shape index (κ2) is 9.06. The van der Waals surface area contributed by atoms with Gasteiger partial charge in [0.15, 0.2) is 5.69 Å². The van der Waals surface area contributed by atoms with Crippen molar-refractivity contribution in [2.45, 2.75) is 6.92 Å². The van der Waals surface area contributed by atoms with Gasteiger partial charge in [-0.3, -0.25) is 4.79 Å². The molecule has 0 saturated carbocycles. The van der Waals surface area contributed by atoms with Gasteiger partial charge in [-0.2, -0.15) is 9.78 Å². The largest absolute Gasteiger partial charge is 0.497 e. The van der Waals surface area contributed by atoms with Gasteiger partial charge in [-0.05, 0) is 51.8 Å². The van der Waals surface area contributed by atoms with Crippen molar-refractivity contribution < 1.29 is 14.2 Å². The standard InChI is InChI=1S/C24H20N8O3/c1-14(16-11-10-15-6-3-4-7-17(15)12-16)26-28-24(33)20-21(18-8-5-9-19(13-18)34-2)32(31-27-20)23-22(25)29-35-30-23/h3-13H,1-2H3,(H2,25,29)(H,28,33). The van der Waals surface area contributed by atoms with Crippen molar-refractivity contribution in [1.29, 1.82) is 0 Å². The number of fused-ring (bicyclic) bond motifs is 1. The molecule has 0 aliphatic rings. The number of hydrogen-bond donors (Lipinski definition) is 2. The molecule has 35 heavy (non-hydrogen) atoms. The van der Waals surface area contributed by atoms with Crippen LogP contribution in [-0.2, 0) is 0 Å². The Labute approximate surface area is 199 Å². The van der Waals surface area contributed by atoms with Gasteiger partial charge in [0.25, 0.3) is 5.91 Å². The number of anilines is 1. The molecule has 11 nitrogen and oxygen atoms in total. The Kier molecular flexibility index (Phi) is 5.63. The Morgan fingerprint density at radius 3 is 2.66 bits per heavy atom. The van der Waals surface area contributed by atoms with Gasteiger partial charge in [-0.25, -0.2) is 10.1 Å². The number of carbonyl (C=O) groups is 1. The van der Waals surface area contributed by atoms with E-state index in [0.717, 1.165) is 16.3 Å². The molecule has 3 aromatic carbocycles. The predicted octanol–water partition coefficient (Wildman–Crippen LogP) is 3.22. The summed E-state index contributed by atoms with van der Waals surface area (Å²) in [5.41, 5.74) is 10.9. The molecule has 0 radical (unpaired) electrons. The summed E-state index contributed by atoms with van der Waals surface area (Å²) in [5, 5.41) is 22.0. The van der Waals surface area contributed by atoms with Crippen molar-refractivity contribution in [2.24, 2.45) is 5.10 Å². The van der Waals surface area contributed by atoms with E-state index in [9.17, 15) is 4.79 Å². The van der Waals surface area contributed by atoms with E-state index < -0.39 is 5.91 Å². The number of nitrogen functional groups attached to an aromatic ring is 1. The highest BCUT2D eigenvalue weighted by molar-refractivity contribution is 6.04. The number of carbonyl (C=O) groups excluding carboxylic acids is 1. The minimum absolute atomic E-state index is 0.00354. The number of nitrogens with one attached hydrogen (secondary N) is 1. The van der Waals surface area contributed by atoms with Crippen LogP contribution in [0.2, 0.25) is 0 Å². The Bertz CT molecular complexity index is 1570. The van der Waals surface area contributed by atoms with Crippen molar-refractivity contribution in [3.63, 3.8) is 0 Å². The average Bonchev–Trinajstić information content (AvgIpc) is 3.52. The summed E-state index contributed by atoms with van der Waals surface area (Å²) in [4.78, 5) is 13.2. The van der Waals surface area contributed by atoms with Gasteiger partial charge in [0, 0.05) is 5.56 Å². The molecule has 2 aromatic heterocycles. The smallest absolute Gasteiger partial charge is 0.294 e. The first-order valence-corrected chi connectivity index (χ1v) is 10.6. The maximum absolute atomic E-state index is 13.2. The first-order valence-electron chi connectivity index (χ1n) is 10.6. The van der Waals surface area contributed by atoms with E-state index in [4.69, 9.17) is 15.1 Å². The highest BCUT2D eigenvalue weighted by atomic mass is 16.6. The van der Waals surface area contributed by atoms with Crippen molar-refractivity contribution in [3.8, 4) is 22.8 Å². The van der Waals surface area contributed by atoms with Crippen LogP contribution in [0.3, 0.4) is 0 Å². The summed E-state index contributed by atoms with van der Waals surface area (Å²) >= 11 is 0. The molecular weight excluding hydrogens is 448 g/mol. The first kappa shape index (κ1) is 21.8. The highest BCUT2D eigenvalue weighted by Gasteiger charge is 2.25. The van der Waals surface area contributed by atoms with E-state index in [0.29, 0.717) is 22.7 Å². The molecule has 3 N–H and O–H groups in total. The fourth-order valence-corrected chi connectivity index (χ4v) is 3.62. The number of amides is 1. The van der Waals surface area contributed by atoms with E-state index in [1.807, 2.05) is 49.4 Å². The van der Waals surface area contributed by atoms with Gasteiger partial charge < -0.3 is 10.5 Å². The van der Waals surface area contributed by atoms with E-state index >= 15 is 0 Å². The summed E-state index contributed by atoms with van der Waals surface area (Å²) in [6.45, 7) is 1.81. The van der Waals surface area contributed by atoms with E-state index in [2.05, 4.69) is 31.2 Å². The average molecular weight is 468 g/mol. The molecule has 0 saturated heterocycles. The van der Waals surface area contributed by atoms with Crippen molar-refractivity contribution in [2.75, 3.05) is 12.8 Å². The molecule has 0 bridgehead atoms. The summed E-state index contributed by atoms with van der Waals surface area (Å²) in [7, 11) is 1.55. The number of nitrogens with two attached hydrogens (primary N) is 1. The maximum Gasteiger partial charge on any atom is 0.294 e. The molecule has 2 heterocycles. The van der Waals surface area contributed by atoms with Gasteiger partial charge in [0.1, 0.15) is 11.4 Å². The first-order chi connectivity index (χ1) is 17.0. The fraction of sp³-hybridized carbons (Fsp3) is 0.0833. The van der Waals surface area contributed by atoms with Crippen molar-refractivity contribution >= 4 is 28.2 Å². The number of ether oxygens (including phenoxy) is 1. The molecule has 11 heteroatoms. The summed E-state index contributed by atoms with van der Waals surface area (Å²) in [6.07, 6.45) is 0. The molecule has 1 amide bonds. The Morgan fingerprint density at radius 2 is 1.89 bits per heavy atom. The van der Waals surface area contributed by atoms with E-state index in [1.165, 1.54) is 4.68 Å². The lowest BCUT2D eigenvalue weighted by Crippen LogP contribution is -2.21. The zero-order valence-electron chi connectivity index (χ0n) is 18.8. The Balaban J connectivity index is 1.50. The van der Waals surface area contributed by atoms with Crippen LogP contribution in [-0.4, -0.2) is 44.0 Å². The number of rotatable bonds is 6. The minimum atomic E-state index is -0.566. The second-order valence-electron chi connectivity index (χ2n) is 7.60. The third-order valence-electron chi connectivity index (χ3n) is 5.42. The zero-order valence-corrected chi connectivity index (χ0v) is 18.8. The minimum Gasteiger partial charge on any atom is -0.497 e. The van der Waals surface area contributed by atoms with Gasteiger partial charge in [-0.15, -0.1) is 5.10 Å². The van der Waals surface area contributed by atoms with Gasteiger partial charge in [-0.1, -0.05) is 53.7 Å². The number of aromatic nitrogens is 5. The van der Waals surface area contributed by atoms with Gasteiger partial charge in [0.2, 0.25) is 11.6 Å². The number of hydrazone groups is 1. The van der Waals surface area contributed by atoms with Gasteiger partial charge in [0.05, 0.1) is 12.8 Å². The van der Waals surface area contributed by atoms with Crippen molar-refractivity contribution in [1.82, 2.24) is 30.7 Å². The molecule has 0 fully saturated rings. The molecular formula is C24H20N8O3. The number of nitrogens with zero attached hydrogens (tertiary/aromatic N) is 6. The lowest BCUT2D eigenvalue weighted by molar-refractivity contribution is 0.0950. The van der Waals surface area contributed by atoms with Crippen LogP contribution in [0.25, 0.3) is 27.8 Å². The third kappa shape index (κ3) is 4.17. The normalized spacial score (nSPS) is 11.5. The number of benzene rings is 3. The lowest BCUT2D eigenvalue weighted by atomic mass is 10.0. The SMILES string of the molecule is COc1cccc(-c2c(C(=O)NN=C(C)c3ccc4ccccc4c3)nnn2-c2nonc2N)c1. The third-order valence-corrected chi connectivity index (χ3v) is 5.42. The predicted molar refractivity (Wildman–Crippen MR) is 129 cm³/mol. The van der Waals surface area contributed by atoms with E-state index in [1.54, 1.807) is 31.4 Å². The monoisotopic (exact) mass is 468 g/mol. The molecule has 0 aliphatic carbocycles. The van der Waals surface area contributed by atoms with Crippen LogP contribution in [0.4, 0.5) is 5.82 Å². The highest BCUT2D eigenvalue weighted by Crippen LogP contribution is 2.29. The zero-order chi connectivity index (χ0) is 24.4. The van der Waals surface area contributed by atoms with Crippen molar-refractivity contribution in [3.05, 3.63) is 78.0 Å². The Hall–Kier alpha value is -5.06. The second-order valence-corrected chi connectivity index (χ2v) is 7.60. The maximum atomic E-state index is 13.2. The molecule has 0 unspecified atom stereocenters. The molecule has 0 spiro atoms. The Morgan fingerprint density at radius 1 is 1.06 bits per heavy atom. The molecule has 0 atom stereocenters. The lowest BCUT2D eigenvalue weighted by Gasteiger charge is -2.08. The van der Waals surface area contributed by atoms with Crippen LogP contribution in [0.1, 0.15) is 23.0 Å². The molecule has 0 aliphatic heterocycles. The van der Waals surface area contributed by atoms with Crippen LogP contribution < -0.4 is 15.9 Å².